The van der Waals surface area contributed by atoms with Gasteiger partial charge in [0.15, 0.2) is 5.16 Å². The van der Waals surface area contributed by atoms with Crippen LogP contribution in [0, 0.1) is 39.0 Å². The minimum Gasteiger partial charge on any atom is -0.308 e. The van der Waals surface area contributed by atoms with Crippen molar-refractivity contribution in [1.29, 1.82) is 5.26 Å². The molecule has 0 aromatic carbocycles. The van der Waals surface area contributed by atoms with Gasteiger partial charge in [0.05, 0.1) is 17.5 Å². The first-order valence-corrected chi connectivity index (χ1v) is 12.7. The van der Waals surface area contributed by atoms with Crippen LogP contribution in [0.5, 0.6) is 0 Å². The van der Waals surface area contributed by atoms with Gasteiger partial charge in [0, 0.05) is 33.2 Å². The lowest BCUT2D eigenvalue weighted by Crippen LogP contribution is -2.19. The van der Waals surface area contributed by atoms with E-state index in [0.29, 0.717) is 5.16 Å². The number of thiophene rings is 1. The Morgan fingerprint density at radius 2 is 1.97 bits per heavy atom. The van der Waals surface area contributed by atoms with Crippen LogP contribution in [0.4, 0.5) is 0 Å². The monoisotopic (exact) mass is 478 g/mol. The van der Waals surface area contributed by atoms with Gasteiger partial charge in [-0.1, -0.05) is 11.8 Å². The minimum atomic E-state index is -0.217. The summed E-state index contributed by atoms with van der Waals surface area (Å²) in [5.74, 6) is -0.0311. The average molecular weight is 479 g/mol. The molecule has 1 amide bonds. The van der Waals surface area contributed by atoms with E-state index in [9.17, 15) is 10.1 Å². The average Bonchev–Trinajstić information content (AvgIpc) is 3.27. The molecule has 0 bridgehead atoms. The summed E-state index contributed by atoms with van der Waals surface area (Å²) in [6, 6.07) is 6.37. The number of thioether (sulfide) groups is 1. The van der Waals surface area contributed by atoms with E-state index in [-0.39, 0.29) is 11.7 Å². The topological polar surface area (TPSA) is 96.0 Å². The SMILES string of the molecule is Cc1cc(C)nc(SCC(=O)N/N=C\c2cc(C)n(-c3sc4c(c3C#N)CCCC4)c2C)n1. The van der Waals surface area contributed by atoms with Crippen LogP contribution in [-0.2, 0) is 17.6 Å². The second-order valence-electron chi connectivity index (χ2n) is 8.18. The Morgan fingerprint density at radius 3 is 2.70 bits per heavy atom. The molecule has 9 heteroatoms. The predicted molar refractivity (Wildman–Crippen MR) is 132 cm³/mol. The molecule has 0 saturated carbocycles. The summed E-state index contributed by atoms with van der Waals surface area (Å²) >= 11 is 3.01. The smallest absolute Gasteiger partial charge is 0.250 e. The Balaban J connectivity index is 1.46. The largest absolute Gasteiger partial charge is 0.308 e. The highest BCUT2D eigenvalue weighted by Crippen LogP contribution is 2.38. The van der Waals surface area contributed by atoms with Gasteiger partial charge in [0.2, 0.25) is 0 Å². The van der Waals surface area contributed by atoms with Crippen molar-refractivity contribution in [1.82, 2.24) is 20.0 Å². The van der Waals surface area contributed by atoms with Crippen LogP contribution >= 0.6 is 23.1 Å². The molecule has 0 saturated heterocycles. The summed E-state index contributed by atoms with van der Waals surface area (Å²) in [5.41, 5.74) is 9.32. The summed E-state index contributed by atoms with van der Waals surface area (Å²) in [6.45, 7) is 7.86. The summed E-state index contributed by atoms with van der Waals surface area (Å²) in [6.07, 6.45) is 6.04. The molecule has 0 spiro atoms. The zero-order valence-electron chi connectivity index (χ0n) is 19.2. The molecule has 170 valence electrons. The number of nitrogens with zero attached hydrogens (tertiary/aromatic N) is 5. The molecule has 0 aliphatic heterocycles. The van der Waals surface area contributed by atoms with Crippen molar-refractivity contribution in [3.8, 4) is 11.1 Å². The van der Waals surface area contributed by atoms with Crippen LogP contribution in [0.25, 0.3) is 5.00 Å². The zero-order valence-corrected chi connectivity index (χ0v) is 20.9. The van der Waals surface area contributed by atoms with E-state index in [4.69, 9.17) is 0 Å². The van der Waals surface area contributed by atoms with Gasteiger partial charge < -0.3 is 4.57 Å². The normalized spacial score (nSPS) is 13.2. The summed E-state index contributed by atoms with van der Waals surface area (Å²) in [7, 11) is 0. The number of nitriles is 1. The Hall–Kier alpha value is -2.96. The summed E-state index contributed by atoms with van der Waals surface area (Å²) < 4.78 is 2.14. The highest BCUT2D eigenvalue weighted by Gasteiger charge is 2.23. The number of aromatic nitrogens is 3. The Morgan fingerprint density at radius 1 is 1.24 bits per heavy atom. The molecule has 1 N–H and O–H groups in total. The summed E-state index contributed by atoms with van der Waals surface area (Å²) in [4.78, 5) is 22.2. The van der Waals surface area contributed by atoms with Crippen LogP contribution in [0.1, 0.15) is 57.2 Å². The van der Waals surface area contributed by atoms with Gasteiger partial charge in [-0.15, -0.1) is 11.3 Å². The molecular weight excluding hydrogens is 452 g/mol. The second-order valence-corrected chi connectivity index (χ2v) is 10.2. The Labute approximate surface area is 202 Å². The highest BCUT2D eigenvalue weighted by atomic mass is 32.2. The maximum absolute atomic E-state index is 12.2. The third-order valence-corrected chi connectivity index (χ3v) is 7.75. The lowest BCUT2D eigenvalue weighted by atomic mass is 9.96. The van der Waals surface area contributed by atoms with Crippen LogP contribution in [0.15, 0.2) is 22.4 Å². The Kier molecular flexibility index (Phi) is 6.96. The van der Waals surface area contributed by atoms with Crippen molar-refractivity contribution >= 4 is 35.2 Å². The van der Waals surface area contributed by atoms with E-state index in [1.165, 1.54) is 28.6 Å². The lowest BCUT2D eigenvalue weighted by Gasteiger charge is -2.10. The number of nitrogens with one attached hydrogen (secondary N) is 1. The molecule has 4 rings (SSSR count). The molecule has 0 radical (unpaired) electrons. The van der Waals surface area contributed by atoms with E-state index < -0.39 is 0 Å². The molecule has 3 aromatic heterocycles. The van der Waals surface area contributed by atoms with Gasteiger partial charge in [-0.3, -0.25) is 4.79 Å². The molecule has 7 nitrogen and oxygen atoms in total. The number of hydrazone groups is 1. The fourth-order valence-corrected chi connectivity index (χ4v) is 6.34. The van der Waals surface area contributed by atoms with Crippen molar-refractivity contribution in [3.05, 3.63) is 56.5 Å². The molecule has 33 heavy (non-hydrogen) atoms. The van der Waals surface area contributed by atoms with Crippen LogP contribution in [-0.4, -0.2) is 32.4 Å². The van der Waals surface area contributed by atoms with E-state index in [1.807, 2.05) is 39.8 Å². The van der Waals surface area contributed by atoms with E-state index in [0.717, 1.165) is 58.2 Å². The lowest BCUT2D eigenvalue weighted by molar-refractivity contribution is -0.118. The summed E-state index contributed by atoms with van der Waals surface area (Å²) in [5, 5.41) is 15.6. The van der Waals surface area contributed by atoms with Crippen molar-refractivity contribution < 1.29 is 4.79 Å². The first kappa shape index (κ1) is 23.2. The van der Waals surface area contributed by atoms with Crippen molar-refractivity contribution in [2.75, 3.05) is 5.75 Å². The van der Waals surface area contributed by atoms with Crippen molar-refractivity contribution in [3.63, 3.8) is 0 Å². The van der Waals surface area contributed by atoms with Crippen molar-refractivity contribution in [2.24, 2.45) is 5.10 Å². The molecule has 0 atom stereocenters. The highest BCUT2D eigenvalue weighted by molar-refractivity contribution is 7.99. The van der Waals surface area contributed by atoms with Crippen LogP contribution in [0.2, 0.25) is 0 Å². The number of fused-ring (bicyclic) bond motifs is 1. The zero-order chi connectivity index (χ0) is 23.5. The van der Waals surface area contributed by atoms with Gasteiger partial charge in [-0.05, 0) is 71.1 Å². The first-order valence-electron chi connectivity index (χ1n) is 10.9. The quantitative estimate of drug-likeness (QED) is 0.243. The standard InChI is InChI=1S/C24H26N6OS2/c1-14-9-15(2)28-24(27-14)32-13-22(31)29-26-12-18-10-16(3)30(17(18)4)23-20(11-25)19-7-5-6-8-21(19)33-23/h9-10,12H,5-8,13H2,1-4H3,(H,29,31)/b26-12-. The number of carbonyl (C=O) groups excluding carboxylic acids is 1. The van der Waals surface area contributed by atoms with Crippen molar-refractivity contribution in [2.45, 2.75) is 58.5 Å². The predicted octanol–water partition coefficient (Wildman–Crippen LogP) is 4.56. The molecule has 3 heterocycles. The van der Waals surface area contributed by atoms with Crippen LogP contribution in [0.3, 0.4) is 0 Å². The number of aryl methyl sites for hydroxylation is 4. The molecular formula is C24H26N6OS2. The molecule has 1 aliphatic carbocycles. The third-order valence-electron chi connectivity index (χ3n) is 5.62. The van der Waals surface area contributed by atoms with Gasteiger partial charge >= 0.3 is 0 Å². The number of rotatable bonds is 6. The van der Waals surface area contributed by atoms with Gasteiger partial charge in [0.1, 0.15) is 11.1 Å². The van der Waals surface area contributed by atoms with Gasteiger partial charge in [-0.2, -0.15) is 10.4 Å². The number of carbonyl (C=O) groups is 1. The molecule has 3 aromatic rings. The second kappa shape index (κ2) is 9.89. The number of hydrogen-bond donors (Lipinski definition) is 1. The fraction of sp³-hybridized carbons (Fsp3) is 0.375. The minimum absolute atomic E-state index is 0.186. The van der Waals surface area contributed by atoms with E-state index >= 15 is 0 Å². The molecule has 0 fully saturated rings. The van der Waals surface area contributed by atoms with E-state index in [1.54, 1.807) is 17.6 Å². The van der Waals surface area contributed by atoms with Gasteiger partial charge in [-0.25, -0.2) is 15.4 Å². The van der Waals surface area contributed by atoms with Gasteiger partial charge in [0.25, 0.3) is 5.91 Å². The van der Waals surface area contributed by atoms with E-state index in [2.05, 4.69) is 31.1 Å². The number of amides is 1. The fourth-order valence-electron chi connectivity index (χ4n) is 4.15. The maximum Gasteiger partial charge on any atom is 0.250 e. The first-order chi connectivity index (χ1) is 15.9. The number of hydrogen-bond acceptors (Lipinski definition) is 7. The Bertz CT molecular complexity index is 1260. The van der Waals surface area contributed by atoms with Crippen LogP contribution < -0.4 is 5.43 Å². The molecule has 1 aliphatic rings. The maximum atomic E-state index is 12.2. The third kappa shape index (κ3) is 5.02. The molecule has 0 unspecified atom stereocenters.